The summed E-state index contributed by atoms with van der Waals surface area (Å²) in [6.45, 7) is 4.73. The van der Waals surface area contributed by atoms with Gasteiger partial charge in [-0.3, -0.25) is 0 Å². The minimum Gasteiger partial charge on any atom is -0.493 e. The fourth-order valence-corrected chi connectivity index (χ4v) is 4.12. The Balaban J connectivity index is 2.19. The van der Waals surface area contributed by atoms with Crippen molar-refractivity contribution in [2.24, 2.45) is 5.92 Å². The van der Waals surface area contributed by atoms with E-state index in [2.05, 4.69) is 6.92 Å². The van der Waals surface area contributed by atoms with E-state index in [-0.39, 0.29) is 12.2 Å². The zero-order valence-corrected chi connectivity index (χ0v) is 18.0. The van der Waals surface area contributed by atoms with Gasteiger partial charge >= 0.3 is 0 Å². The Morgan fingerprint density at radius 2 is 1.31 bits per heavy atom. The molecule has 2 aromatic rings. The summed E-state index contributed by atoms with van der Waals surface area (Å²) in [6.07, 6.45) is 0.479. The second-order valence-electron chi connectivity index (χ2n) is 7.01. The smallest absolute Gasteiger partial charge is 0.161 e. The molecular weight excluding hydrogens is 372 g/mol. The summed E-state index contributed by atoms with van der Waals surface area (Å²) < 4.78 is 34.4. The zero-order valence-electron chi connectivity index (χ0n) is 18.0. The summed E-state index contributed by atoms with van der Waals surface area (Å²) >= 11 is 0. The minimum absolute atomic E-state index is 0.148. The van der Waals surface area contributed by atoms with Crippen LogP contribution in [0.15, 0.2) is 36.4 Å². The molecule has 0 N–H and O–H groups in total. The number of methoxy groups -OCH3 is 4. The summed E-state index contributed by atoms with van der Waals surface area (Å²) in [4.78, 5) is 0. The molecule has 158 valence electrons. The molecule has 29 heavy (non-hydrogen) atoms. The molecule has 1 fully saturated rings. The molecule has 0 amide bonds. The van der Waals surface area contributed by atoms with Gasteiger partial charge in [0.05, 0.1) is 28.4 Å². The third-order valence-electron chi connectivity index (χ3n) is 5.53. The maximum absolute atomic E-state index is 6.60. The Kier molecular flexibility index (Phi) is 6.55. The summed E-state index contributed by atoms with van der Waals surface area (Å²) in [5.74, 6) is 2.80. The standard InChI is InChI=1S/C23H30O6/c1-7-28-22-12-15(2)23(29-22,16-8-10-18(24-3)20(13-16)26-5)17-9-11-19(25-4)21(14-17)27-6/h8-11,13-15,22H,7,12H2,1-6H3/t15-,22?/m1/s1. The number of ether oxygens (including phenoxy) is 6. The zero-order chi connectivity index (χ0) is 21.0. The van der Waals surface area contributed by atoms with E-state index in [0.717, 1.165) is 17.5 Å². The molecule has 0 radical (unpaired) electrons. The van der Waals surface area contributed by atoms with E-state index < -0.39 is 5.60 Å². The highest BCUT2D eigenvalue weighted by Crippen LogP contribution is 2.51. The van der Waals surface area contributed by atoms with Gasteiger partial charge in [0, 0.05) is 13.0 Å². The number of hydrogen-bond donors (Lipinski definition) is 0. The lowest BCUT2D eigenvalue weighted by atomic mass is 9.77. The monoisotopic (exact) mass is 402 g/mol. The van der Waals surface area contributed by atoms with E-state index in [1.54, 1.807) is 28.4 Å². The van der Waals surface area contributed by atoms with Crippen molar-refractivity contribution in [3.05, 3.63) is 47.5 Å². The Bertz CT molecular complexity index is 779. The van der Waals surface area contributed by atoms with E-state index in [0.29, 0.717) is 29.6 Å². The van der Waals surface area contributed by atoms with E-state index in [1.165, 1.54) is 0 Å². The summed E-state index contributed by atoms with van der Waals surface area (Å²) in [7, 11) is 6.52. The molecule has 0 spiro atoms. The van der Waals surface area contributed by atoms with Crippen LogP contribution in [-0.4, -0.2) is 41.3 Å². The predicted octanol–water partition coefficient (Wildman–Crippen LogP) is 4.38. The van der Waals surface area contributed by atoms with Crippen LogP contribution in [0, 0.1) is 5.92 Å². The average molecular weight is 402 g/mol. The molecule has 0 aliphatic carbocycles. The predicted molar refractivity (Wildman–Crippen MR) is 110 cm³/mol. The van der Waals surface area contributed by atoms with Crippen LogP contribution in [0.4, 0.5) is 0 Å². The molecular formula is C23H30O6. The Morgan fingerprint density at radius 1 is 0.828 bits per heavy atom. The molecule has 3 rings (SSSR count). The highest BCUT2D eigenvalue weighted by molar-refractivity contribution is 5.52. The van der Waals surface area contributed by atoms with E-state index in [1.807, 2.05) is 43.3 Å². The van der Waals surface area contributed by atoms with Crippen LogP contribution in [0.1, 0.15) is 31.4 Å². The summed E-state index contributed by atoms with van der Waals surface area (Å²) in [6, 6.07) is 11.8. The van der Waals surface area contributed by atoms with Gasteiger partial charge in [0.2, 0.25) is 0 Å². The lowest BCUT2D eigenvalue weighted by Gasteiger charge is -2.35. The van der Waals surface area contributed by atoms with Crippen molar-refractivity contribution in [3.63, 3.8) is 0 Å². The van der Waals surface area contributed by atoms with Crippen molar-refractivity contribution in [1.29, 1.82) is 0 Å². The van der Waals surface area contributed by atoms with Gasteiger partial charge in [-0.15, -0.1) is 0 Å². The van der Waals surface area contributed by atoms with Crippen molar-refractivity contribution in [2.45, 2.75) is 32.2 Å². The number of benzene rings is 2. The van der Waals surface area contributed by atoms with Gasteiger partial charge in [-0.05, 0) is 48.2 Å². The van der Waals surface area contributed by atoms with Crippen molar-refractivity contribution in [3.8, 4) is 23.0 Å². The van der Waals surface area contributed by atoms with Crippen LogP contribution in [-0.2, 0) is 15.1 Å². The lowest BCUT2D eigenvalue weighted by Crippen LogP contribution is -2.33. The largest absolute Gasteiger partial charge is 0.493 e. The van der Waals surface area contributed by atoms with Crippen LogP contribution >= 0.6 is 0 Å². The molecule has 2 atom stereocenters. The normalized spacial score (nSPS) is 20.3. The van der Waals surface area contributed by atoms with Gasteiger partial charge in [-0.1, -0.05) is 19.1 Å². The molecule has 0 aromatic heterocycles. The Labute approximate surface area is 172 Å². The maximum Gasteiger partial charge on any atom is 0.161 e. The molecule has 1 unspecified atom stereocenters. The topological polar surface area (TPSA) is 55.4 Å². The van der Waals surface area contributed by atoms with Crippen molar-refractivity contribution >= 4 is 0 Å². The molecule has 0 bridgehead atoms. The molecule has 1 aliphatic heterocycles. The third kappa shape index (κ3) is 3.74. The highest BCUT2D eigenvalue weighted by Gasteiger charge is 2.50. The Hall–Kier alpha value is -2.44. The second kappa shape index (κ2) is 8.93. The first kappa shape index (κ1) is 21.3. The molecule has 6 heteroatoms. The fraction of sp³-hybridized carbons (Fsp3) is 0.478. The second-order valence-corrected chi connectivity index (χ2v) is 7.01. The lowest BCUT2D eigenvalue weighted by molar-refractivity contribution is -0.159. The summed E-state index contributed by atoms with van der Waals surface area (Å²) in [5.41, 5.74) is 1.22. The van der Waals surface area contributed by atoms with E-state index in [4.69, 9.17) is 28.4 Å². The first-order valence-electron chi connectivity index (χ1n) is 9.78. The van der Waals surface area contributed by atoms with E-state index >= 15 is 0 Å². The van der Waals surface area contributed by atoms with Crippen molar-refractivity contribution in [2.75, 3.05) is 35.0 Å². The van der Waals surface area contributed by atoms with Gasteiger partial charge in [0.1, 0.15) is 5.60 Å². The van der Waals surface area contributed by atoms with Crippen LogP contribution in [0.5, 0.6) is 23.0 Å². The molecule has 2 aromatic carbocycles. The first-order valence-corrected chi connectivity index (χ1v) is 9.78. The highest BCUT2D eigenvalue weighted by atomic mass is 16.7. The average Bonchev–Trinajstić information content (AvgIpc) is 3.09. The quantitative estimate of drug-likeness (QED) is 0.653. The number of rotatable bonds is 8. The van der Waals surface area contributed by atoms with Gasteiger partial charge in [-0.25, -0.2) is 0 Å². The molecule has 1 aliphatic rings. The van der Waals surface area contributed by atoms with Crippen LogP contribution in [0.25, 0.3) is 0 Å². The van der Waals surface area contributed by atoms with Gasteiger partial charge in [0.25, 0.3) is 0 Å². The summed E-state index contributed by atoms with van der Waals surface area (Å²) in [5, 5.41) is 0. The minimum atomic E-state index is -0.723. The molecule has 6 nitrogen and oxygen atoms in total. The number of hydrogen-bond acceptors (Lipinski definition) is 6. The maximum atomic E-state index is 6.60. The fourth-order valence-electron chi connectivity index (χ4n) is 4.12. The van der Waals surface area contributed by atoms with Crippen LogP contribution in [0.3, 0.4) is 0 Å². The molecule has 1 heterocycles. The van der Waals surface area contributed by atoms with Crippen LogP contribution < -0.4 is 18.9 Å². The van der Waals surface area contributed by atoms with Gasteiger partial charge in [0.15, 0.2) is 29.3 Å². The van der Waals surface area contributed by atoms with Gasteiger partial charge < -0.3 is 28.4 Å². The van der Waals surface area contributed by atoms with Crippen molar-refractivity contribution < 1.29 is 28.4 Å². The van der Waals surface area contributed by atoms with Crippen molar-refractivity contribution in [1.82, 2.24) is 0 Å². The molecule has 0 saturated carbocycles. The Morgan fingerprint density at radius 3 is 1.72 bits per heavy atom. The van der Waals surface area contributed by atoms with Gasteiger partial charge in [-0.2, -0.15) is 0 Å². The first-order chi connectivity index (χ1) is 14.0. The SMILES string of the molecule is CCOC1C[C@@H](C)C(c2ccc(OC)c(OC)c2)(c2ccc(OC)c(OC)c2)O1. The third-order valence-corrected chi connectivity index (χ3v) is 5.53. The molecule has 1 saturated heterocycles. The van der Waals surface area contributed by atoms with Crippen LogP contribution in [0.2, 0.25) is 0 Å². The van der Waals surface area contributed by atoms with E-state index in [9.17, 15) is 0 Å².